The molecule has 1 aliphatic heterocycles. The van der Waals surface area contributed by atoms with E-state index in [1.54, 1.807) is 0 Å². The van der Waals surface area contributed by atoms with Gasteiger partial charge < -0.3 is 9.64 Å². The van der Waals surface area contributed by atoms with Gasteiger partial charge in [0, 0.05) is 32.5 Å². The van der Waals surface area contributed by atoms with Gasteiger partial charge >= 0.3 is 0 Å². The lowest BCUT2D eigenvalue weighted by atomic mass is 10.2. The van der Waals surface area contributed by atoms with Gasteiger partial charge in [-0.15, -0.1) is 0 Å². The highest BCUT2D eigenvalue weighted by atomic mass is 16.5. The molecule has 2 fully saturated rings. The Kier molecular flexibility index (Phi) is 2.17. The first-order valence-corrected chi connectivity index (χ1v) is 5.69. The van der Waals surface area contributed by atoms with E-state index in [9.17, 15) is 0 Å². The fourth-order valence-corrected chi connectivity index (χ4v) is 2.94. The molecule has 2 heteroatoms. The average molecular weight is 203 g/mol. The summed E-state index contributed by atoms with van der Waals surface area (Å²) in [5.74, 6) is 2.63. The van der Waals surface area contributed by atoms with Crippen LogP contribution in [0.2, 0.25) is 0 Å². The standard InChI is InChI=1S/C13H17NO/c1-15-9-13-11-7-14(8-12(11)13)10-5-3-2-4-6-10/h2-6,11-13H,7-9H2,1H3. The van der Waals surface area contributed by atoms with Gasteiger partial charge in [-0.2, -0.15) is 0 Å². The maximum atomic E-state index is 5.22. The third-order valence-corrected chi connectivity index (χ3v) is 3.85. The van der Waals surface area contributed by atoms with Gasteiger partial charge in [-0.1, -0.05) is 18.2 Å². The maximum Gasteiger partial charge on any atom is 0.0497 e. The molecule has 0 radical (unpaired) electrons. The number of rotatable bonds is 3. The Hall–Kier alpha value is -1.02. The van der Waals surface area contributed by atoms with Crippen molar-refractivity contribution in [2.24, 2.45) is 17.8 Å². The Morgan fingerprint density at radius 2 is 1.87 bits per heavy atom. The summed E-state index contributed by atoms with van der Waals surface area (Å²) in [5, 5.41) is 0. The van der Waals surface area contributed by atoms with Crippen LogP contribution in [-0.4, -0.2) is 26.8 Å². The number of piperidine rings is 1. The molecule has 2 atom stereocenters. The number of hydrogen-bond donors (Lipinski definition) is 0. The molecular weight excluding hydrogens is 186 g/mol. The molecule has 0 spiro atoms. The number of para-hydroxylation sites is 1. The SMILES string of the molecule is COCC1C2CN(c3ccccc3)CC12. The van der Waals surface area contributed by atoms with Crippen LogP contribution >= 0.6 is 0 Å². The van der Waals surface area contributed by atoms with E-state index in [1.807, 2.05) is 7.11 Å². The zero-order chi connectivity index (χ0) is 10.3. The van der Waals surface area contributed by atoms with Crippen LogP contribution in [0.25, 0.3) is 0 Å². The summed E-state index contributed by atoms with van der Waals surface area (Å²) in [7, 11) is 1.81. The van der Waals surface area contributed by atoms with E-state index in [0.717, 1.165) is 24.4 Å². The second-order valence-electron chi connectivity index (χ2n) is 4.69. The molecule has 1 saturated carbocycles. The molecule has 1 aliphatic carbocycles. The van der Waals surface area contributed by atoms with Crippen molar-refractivity contribution in [1.29, 1.82) is 0 Å². The van der Waals surface area contributed by atoms with Gasteiger partial charge in [0.2, 0.25) is 0 Å². The summed E-state index contributed by atoms with van der Waals surface area (Å²) in [6, 6.07) is 10.7. The molecule has 1 saturated heterocycles. The second kappa shape index (κ2) is 3.53. The largest absolute Gasteiger partial charge is 0.384 e. The van der Waals surface area contributed by atoms with E-state index < -0.39 is 0 Å². The van der Waals surface area contributed by atoms with Crippen LogP contribution in [0.15, 0.2) is 30.3 Å². The predicted octanol–water partition coefficient (Wildman–Crippen LogP) is 2.02. The Morgan fingerprint density at radius 1 is 1.20 bits per heavy atom. The van der Waals surface area contributed by atoms with Gasteiger partial charge in [0.15, 0.2) is 0 Å². The molecule has 0 aromatic heterocycles. The summed E-state index contributed by atoms with van der Waals surface area (Å²) >= 11 is 0. The summed E-state index contributed by atoms with van der Waals surface area (Å²) in [6.45, 7) is 3.41. The van der Waals surface area contributed by atoms with Crippen molar-refractivity contribution in [1.82, 2.24) is 0 Å². The van der Waals surface area contributed by atoms with Crippen LogP contribution in [0.3, 0.4) is 0 Å². The third-order valence-electron chi connectivity index (χ3n) is 3.85. The highest BCUT2D eigenvalue weighted by Gasteiger charge is 2.55. The molecule has 80 valence electrons. The third kappa shape index (κ3) is 1.53. The second-order valence-corrected chi connectivity index (χ2v) is 4.69. The Bertz CT molecular complexity index is 326. The molecule has 0 bridgehead atoms. The van der Waals surface area contributed by atoms with Gasteiger partial charge in [-0.3, -0.25) is 0 Å². The van der Waals surface area contributed by atoms with Crippen molar-refractivity contribution in [2.45, 2.75) is 0 Å². The Morgan fingerprint density at radius 3 is 2.47 bits per heavy atom. The van der Waals surface area contributed by atoms with Crippen LogP contribution in [0.1, 0.15) is 0 Å². The Balaban J connectivity index is 1.62. The number of methoxy groups -OCH3 is 1. The fourth-order valence-electron chi connectivity index (χ4n) is 2.94. The van der Waals surface area contributed by atoms with Gasteiger partial charge in [-0.25, -0.2) is 0 Å². The van der Waals surface area contributed by atoms with Gasteiger partial charge in [0.25, 0.3) is 0 Å². The van der Waals surface area contributed by atoms with Crippen molar-refractivity contribution >= 4 is 5.69 Å². The lowest BCUT2D eigenvalue weighted by Crippen LogP contribution is -2.24. The fraction of sp³-hybridized carbons (Fsp3) is 0.538. The Labute approximate surface area is 90.8 Å². The van der Waals surface area contributed by atoms with Gasteiger partial charge in [0.05, 0.1) is 0 Å². The molecule has 15 heavy (non-hydrogen) atoms. The smallest absolute Gasteiger partial charge is 0.0497 e. The maximum absolute atomic E-state index is 5.22. The van der Waals surface area contributed by atoms with Crippen LogP contribution in [0, 0.1) is 17.8 Å². The lowest BCUT2D eigenvalue weighted by molar-refractivity contribution is 0.176. The molecule has 2 nitrogen and oxygen atoms in total. The number of benzene rings is 1. The lowest BCUT2D eigenvalue weighted by Gasteiger charge is -2.21. The molecule has 1 heterocycles. The molecule has 0 N–H and O–H groups in total. The molecular formula is C13H17NO. The van der Waals surface area contributed by atoms with E-state index in [1.165, 1.54) is 18.8 Å². The summed E-state index contributed by atoms with van der Waals surface area (Å²) in [5.41, 5.74) is 1.38. The normalized spacial score (nSPS) is 32.9. The summed E-state index contributed by atoms with van der Waals surface area (Å²) in [4.78, 5) is 2.50. The first-order valence-electron chi connectivity index (χ1n) is 5.69. The number of nitrogens with zero attached hydrogens (tertiary/aromatic N) is 1. The van der Waals surface area contributed by atoms with E-state index >= 15 is 0 Å². The summed E-state index contributed by atoms with van der Waals surface area (Å²) < 4.78 is 5.22. The van der Waals surface area contributed by atoms with E-state index in [-0.39, 0.29) is 0 Å². The van der Waals surface area contributed by atoms with Crippen molar-refractivity contribution < 1.29 is 4.74 Å². The predicted molar refractivity (Wildman–Crippen MR) is 61.0 cm³/mol. The van der Waals surface area contributed by atoms with E-state index in [2.05, 4.69) is 35.2 Å². The molecule has 2 unspecified atom stereocenters. The quantitative estimate of drug-likeness (QED) is 0.745. The summed E-state index contributed by atoms with van der Waals surface area (Å²) in [6.07, 6.45) is 0. The monoisotopic (exact) mass is 203 g/mol. The van der Waals surface area contributed by atoms with Crippen molar-refractivity contribution in [3.63, 3.8) is 0 Å². The van der Waals surface area contributed by atoms with Crippen LogP contribution in [0.4, 0.5) is 5.69 Å². The van der Waals surface area contributed by atoms with Crippen molar-refractivity contribution in [3.8, 4) is 0 Å². The minimum atomic E-state index is 0.843. The van der Waals surface area contributed by atoms with E-state index in [4.69, 9.17) is 4.74 Å². The number of fused-ring (bicyclic) bond motifs is 1. The van der Waals surface area contributed by atoms with E-state index in [0.29, 0.717) is 0 Å². The zero-order valence-corrected chi connectivity index (χ0v) is 9.10. The highest BCUT2D eigenvalue weighted by molar-refractivity contribution is 5.48. The molecule has 3 rings (SSSR count). The molecule has 2 aliphatic rings. The number of ether oxygens (including phenoxy) is 1. The number of anilines is 1. The molecule has 1 aromatic carbocycles. The van der Waals surface area contributed by atoms with Gasteiger partial charge in [-0.05, 0) is 29.9 Å². The first-order chi connectivity index (χ1) is 7.40. The van der Waals surface area contributed by atoms with Crippen LogP contribution in [0.5, 0.6) is 0 Å². The van der Waals surface area contributed by atoms with Gasteiger partial charge in [0.1, 0.15) is 0 Å². The topological polar surface area (TPSA) is 12.5 Å². The highest BCUT2D eigenvalue weighted by Crippen LogP contribution is 2.52. The minimum Gasteiger partial charge on any atom is -0.384 e. The van der Waals surface area contributed by atoms with Crippen LogP contribution in [-0.2, 0) is 4.74 Å². The average Bonchev–Trinajstić information content (AvgIpc) is 2.77. The molecule has 0 amide bonds. The number of hydrogen-bond acceptors (Lipinski definition) is 2. The molecule has 1 aromatic rings. The van der Waals surface area contributed by atoms with Crippen LogP contribution < -0.4 is 4.90 Å². The minimum absolute atomic E-state index is 0.843. The van der Waals surface area contributed by atoms with Crippen molar-refractivity contribution in [3.05, 3.63) is 30.3 Å². The van der Waals surface area contributed by atoms with Crippen molar-refractivity contribution in [2.75, 3.05) is 31.7 Å². The first kappa shape index (κ1) is 9.22. The zero-order valence-electron chi connectivity index (χ0n) is 9.10.